The molecule has 5 nitrogen and oxygen atoms in total. The lowest BCUT2D eigenvalue weighted by Crippen LogP contribution is -2.53. The molecule has 0 radical (unpaired) electrons. The van der Waals surface area contributed by atoms with Crippen molar-refractivity contribution >= 4 is 11.8 Å². The highest BCUT2D eigenvalue weighted by atomic mass is 16.3. The van der Waals surface area contributed by atoms with E-state index in [0.29, 0.717) is 18.7 Å². The number of hydrogen-bond acceptors (Lipinski definition) is 3. The third kappa shape index (κ3) is 4.82. The van der Waals surface area contributed by atoms with Gasteiger partial charge in [0.2, 0.25) is 5.91 Å². The Morgan fingerprint density at radius 1 is 1.28 bits per heavy atom. The third-order valence-electron chi connectivity index (χ3n) is 5.01. The highest BCUT2D eigenvalue weighted by molar-refractivity contribution is 5.95. The van der Waals surface area contributed by atoms with E-state index in [0.717, 1.165) is 12.8 Å². The summed E-state index contributed by atoms with van der Waals surface area (Å²) in [6.45, 7) is 9.01. The summed E-state index contributed by atoms with van der Waals surface area (Å²) in [6, 6.07) is 9.17. The number of aliphatic hydroxyl groups is 1. The Hall–Kier alpha value is -1.88. The predicted molar refractivity (Wildman–Crippen MR) is 98.2 cm³/mol. The highest BCUT2D eigenvalue weighted by Crippen LogP contribution is 2.30. The molecule has 0 aliphatic carbocycles. The van der Waals surface area contributed by atoms with Gasteiger partial charge in [-0.2, -0.15) is 0 Å². The van der Waals surface area contributed by atoms with Crippen LogP contribution in [-0.2, 0) is 4.79 Å². The molecular weight excluding hydrogens is 316 g/mol. The van der Waals surface area contributed by atoms with E-state index in [1.807, 2.05) is 45.9 Å². The van der Waals surface area contributed by atoms with Crippen LogP contribution in [0.4, 0.5) is 0 Å². The maximum Gasteiger partial charge on any atom is 0.253 e. The van der Waals surface area contributed by atoms with Crippen LogP contribution in [0.25, 0.3) is 0 Å². The van der Waals surface area contributed by atoms with Crippen molar-refractivity contribution in [3.63, 3.8) is 0 Å². The molecule has 0 saturated carbocycles. The number of nitrogens with one attached hydrogen (secondary N) is 1. The maximum absolute atomic E-state index is 12.7. The first-order valence-corrected chi connectivity index (χ1v) is 8.94. The second kappa shape index (κ2) is 7.56. The smallest absolute Gasteiger partial charge is 0.253 e. The zero-order chi connectivity index (χ0) is 18.7. The Balaban J connectivity index is 2.00. The fourth-order valence-corrected chi connectivity index (χ4v) is 3.07. The number of hydrogen-bond donors (Lipinski definition) is 2. The third-order valence-corrected chi connectivity index (χ3v) is 5.01. The van der Waals surface area contributed by atoms with Gasteiger partial charge in [-0.1, -0.05) is 39.0 Å². The minimum absolute atomic E-state index is 0.0333. The number of nitrogens with zero attached hydrogens (tertiary/aromatic N) is 1. The van der Waals surface area contributed by atoms with Gasteiger partial charge in [0, 0.05) is 25.2 Å². The molecule has 2 atom stereocenters. The van der Waals surface area contributed by atoms with Crippen LogP contribution in [-0.4, -0.2) is 47.6 Å². The van der Waals surface area contributed by atoms with E-state index in [9.17, 15) is 14.7 Å². The summed E-state index contributed by atoms with van der Waals surface area (Å²) in [5.41, 5.74) is -0.258. The summed E-state index contributed by atoms with van der Waals surface area (Å²) in [7, 11) is 0. The molecule has 5 heteroatoms. The zero-order valence-electron chi connectivity index (χ0n) is 15.7. The number of piperidine rings is 1. The van der Waals surface area contributed by atoms with E-state index in [1.54, 1.807) is 17.0 Å². The topological polar surface area (TPSA) is 69.6 Å². The molecule has 1 aromatic carbocycles. The van der Waals surface area contributed by atoms with E-state index in [-0.39, 0.29) is 23.8 Å². The summed E-state index contributed by atoms with van der Waals surface area (Å²) in [5.74, 6) is -0.129. The van der Waals surface area contributed by atoms with E-state index in [4.69, 9.17) is 0 Å². The van der Waals surface area contributed by atoms with E-state index in [1.165, 1.54) is 0 Å². The number of aliphatic hydroxyl groups excluding tert-OH is 1. The Kier molecular flexibility index (Phi) is 5.88. The van der Waals surface area contributed by atoms with Gasteiger partial charge in [0.1, 0.15) is 0 Å². The van der Waals surface area contributed by atoms with Crippen molar-refractivity contribution < 1.29 is 14.7 Å². The molecule has 0 bridgehead atoms. The van der Waals surface area contributed by atoms with Crippen molar-refractivity contribution in [1.29, 1.82) is 0 Å². The highest BCUT2D eigenvalue weighted by Gasteiger charge is 2.39. The van der Waals surface area contributed by atoms with Gasteiger partial charge in [0.15, 0.2) is 0 Å². The summed E-state index contributed by atoms with van der Waals surface area (Å²) < 4.78 is 0. The first-order valence-electron chi connectivity index (χ1n) is 8.94. The number of amides is 2. The second-order valence-corrected chi connectivity index (χ2v) is 8.35. The maximum atomic E-state index is 12.7. The van der Waals surface area contributed by atoms with Gasteiger partial charge in [-0.25, -0.2) is 0 Å². The SMILES string of the molecule is CC1(C(=O)NCC(O)C(C)(C)C)CCCN(C(=O)c2ccccc2)C1. The van der Waals surface area contributed by atoms with Crippen LogP contribution in [0.3, 0.4) is 0 Å². The molecule has 2 amide bonds. The van der Waals surface area contributed by atoms with Crippen molar-refractivity contribution in [2.45, 2.75) is 46.6 Å². The number of carbonyl (C=O) groups excluding carboxylic acids is 2. The van der Waals surface area contributed by atoms with Gasteiger partial charge in [-0.05, 0) is 37.3 Å². The fourth-order valence-electron chi connectivity index (χ4n) is 3.07. The lowest BCUT2D eigenvalue weighted by molar-refractivity contribution is -0.133. The molecule has 1 heterocycles. The molecule has 25 heavy (non-hydrogen) atoms. The van der Waals surface area contributed by atoms with Crippen LogP contribution >= 0.6 is 0 Å². The Bertz CT molecular complexity index is 609. The van der Waals surface area contributed by atoms with Gasteiger partial charge in [0.25, 0.3) is 5.91 Å². The molecule has 1 aliphatic heterocycles. The quantitative estimate of drug-likeness (QED) is 0.880. The molecule has 1 fully saturated rings. The first-order chi connectivity index (χ1) is 11.6. The van der Waals surface area contributed by atoms with Crippen LogP contribution in [0.5, 0.6) is 0 Å². The summed E-state index contributed by atoms with van der Waals surface area (Å²) in [5, 5.41) is 13.0. The molecule has 1 saturated heterocycles. The van der Waals surface area contributed by atoms with Gasteiger partial charge in [0.05, 0.1) is 11.5 Å². The second-order valence-electron chi connectivity index (χ2n) is 8.35. The van der Waals surface area contributed by atoms with E-state index in [2.05, 4.69) is 5.32 Å². The van der Waals surface area contributed by atoms with E-state index < -0.39 is 11.5 Å². The summed E-state index contributed by atoms with van der Waals surface area (Å²) in [6.07, 6.45) is 0.929. The molecule has 0 spiro atoms. The van der Waals surface area contributed by atoms with E-state index >= 15 is 0 Å². The van der Waals surface area contributed by atoms with Crippen molar-refractivity contribution in [3.05, 3.63) is 35.9 Å². The molecule has 2 unspecified atom stereocenters. The minimum Gasteiger partial charge on any atom is -0.391 e. The number of likely N-dealkylation sites (tertiary alicyclic amines) is 1. The van der Waals surface area contributed by atoms with Crippen molar-refractivity contribution in [1.82, 2.24) is 10.2 Å². The molecular formula is C20H30N2O3. The van der Waals surface area contributed by atoms with Gasteiger partial charge >= 0.3 is 0 Å². The predicted octanol–water partition coefficient (Wildman–Crippen LogP) is 2.45. The largest absolute Gasteiger partial charge is 0.391 e. The average molecular weight is 346 g/mol. The average Bonchev–Trinajstić information content (AvgIpc) is 2.58. The van der Waals surface area contributed by atoms with Gasteiger partial charge < -0.3 is 15.3 Å². The van der Waals surface area contributed by atoms with Gasteiger partial charge in [-0.15, -0.1) is 0 Å². The van der Waals surface area contributed by atoms with Crippen LogP contribution < -0.4 is 5.32 Å². The zero-order valence-corrected chi connectivity index (χ0v) is 15.7. The van der Waals surface area contributed by atoms with Gasteiger partial charge in [-0.3, -0.25) is 9.59 Å². The lowest BCUT2D eigenvalue weighted by Gasteiger charge is -2.39. The number of rotatable bonds is 4. The minimum atomic E-state index is -0.625. The van der Waals surface area contributed by atoms with Crippen molar-refractivity contribution in [2.75, 3.05) is 19.6 Å². The molecule has 138 valence electrons. The number of carbonyl (C=O) groups is 2. The lowest BCUT2D eigenvalue weighted by atomic mass is 9.80. The Morgan fingerprint density at radius 3 is 2.52 bits per heavy atom. The fraction of sp³-hybridized carbons (Fsp3) is 0.600. The number of benzene rings is 1. The normalized spacial score (nSPS) is 22.4. The van der Waals surface area contributed by atoms with Crippen molar-refractivity contribution in [2.24, 2.45) is 10.8 Å². The molecule has 2 rings (SSSR count). The Labute approximate surface area is 150 Å². The molecule has 1 aliphatic rings. The van der Waals surface area contributed by atoms with Crippen molar-refractivity contribution in [3.8, 4) is 0 Å². The molecule has 1 aromatic rings. The standard InChI is InChI=1S/C20H30N2O3/c1-19(2,3)16(23)13-21-18(25)20(4)11-8-12-22(14-20)17(24)15-9-6-5-7-10-15/h5-7,9-10,16,23H,8,11-14H2,1-4H3,(H,21,25). The summed E-state index contributed by atoms with van der Waals surface area (Å²) >= 11 is 0. The summed E-state index contributed by atoms with van der Waals surface area (Å²) in [4.78, 5) is 27.1. The first kappa shape index (κ1) is 19.4. The Morgan fingerprint density at radius 2 is 1.92 bits per heavy atom. The van der Waals surface area contributed by atoms with Crippen LogP contribution in [0.15, 0.2) is 30.3 Å². The van der Waals surface area contributed by atoms with Crippen LogP contribution in [0, 0.1) is 10.8 Å². The molecule has 0 aromatic heterocycles. The van der Waals surface area contributed by atoms with Crippen LogP contribution in [0.2, 0.25) is 0 Å². The van der Waals surface area contributed by atoms with Crippen LogP contribution in [0.1, 0.15) is 50.9 Å². The molecule has 2 N–H and O–H groups in total. The monoisotopic (exact) mass is 346 g/mol.